The molecule has 0 aromatic carbocycles. The molecule has 1 amide bonds. The van der Waals surface area contributed by atoms with Crippen molar-refractivity contribution >= 4 is 6.09 Å². The first-order valence-electron chi connectivity index (χ1n) is 4.47. The first-order valence-corrected chi connectivity index (χ1v) is 4.47. The molecule has 2 atom stereocenters. The SMILES string of the molecule is O=C(O)N1C2C=CCC1CCC2. The van der Waals surface area contributed by atoms with Crippen molar-refractivity contribution in [1.82, 2.24) is 4.90 Å². The minimum absolute atomic E-state index is 0.162. The molecule has 0 aromatic heterocycles. The highest BCUT2D eigenvalue weighted by Crippen LogP contribution is 2.29. The van der Waals surface area contributed by atoms with Gasteiger partial charge >= 0.3 is 6.09 Å². The van der Waals surface area contributed by atoms with Crippen molar-refractivity contribution in [1.29, 1.82) is 0 Å². The first kappa shape index (κ1) is 7.65. The molecular formula is C9H13NO2. The van der Waals surface area contributed by atoms with Gasteiger partial charge in [0.25, 0.3) is 0 Å². The quantitative estimate of drug-likeness (QED) is 0.559. The van der Waals surface area contributed by atoms with E-state index in [0.717, 1.165) is 19.3 Å². The summed E-state index contributed by atoms with van der Waals surface area (Å²) in [6.45, 7) is 0. The van der Waals surface area contributed by atoms with Crippen LogP contribution >= 0.6 is 0 Å². The number of amides is 1. The summed E-state index contributed by atoms with van der Waals surface area (Å²) in [7, 11) is 0. The van der Waals surface area contributed by atoms with Crippen LogP contribution in [0, 0.1) is 0 Å². The second kappa shape index (κ2) is 2.81. The Morgan fingerprint density at radius 2 is 2.33 bits per heavy atom. The van der Waals surface area contributed by atoms with Crippen LogP contribution in [0.3, 0.4) is 0 Å². The van der Waals surface area contributed by atoms with E-state index in [9.17, 15) is 4.79 Å². The number of hydrogen-bond acceptors (Lipinski definition) is 1. The fourth-order valence-electron chi connectivity index (χ4n) is 2.22. The maximum atomic E-state index is 10.9. The number of piperidine rings is 1. The molecule has 0 aliphatic carbocycles. The van der Waals surface area contributed by atoms with Gasteiger partial charge < -0.3 is 5.11 Å². The van der Waals surface area contributed by atoms with E-state index in [4.69, 9.17) is 5.11 Å². The van der Waals surface area contributed by atoms with Gasteiger partial charge in [-0.1, -0.05) is 12.2 Å². The van der Waals surface area contributed by atoms with Crippen LogP contribution in [0.5, 0.6) is 0 Å². The molecule has 0 radical (unpaired) electrons. The standard InChI is InChI=1S/C9H13NO2/c11-9(12)10-7-3-1-4-8(10)6-2-5-7/h1,3,7-8H,2,4-6H2,(H,11,12). The lowest BCUT2D eigenvalue weighted by molar-refractivity contribution is 0.0821. The summed E-state index contributed by atoms with van der Waals surface area (Å²) >= 11 is 0. The van der Waals surface area contributed by atoms with Gasteiger partial charge in [0.2, 0.25) is 0 Å². The topological polar surface area (TPSA) is 40.5 Å². The van der Waals surface area contributed by atoms with Gasteiger partial charge in [-0.25, -0.2) is 4.79 Å². The lowest BCUT2D eigenvalue weighted by atomic mass is 9.90. The number of carboxylic acid groups (broad SMARTS) is 1. The highest BCUT2D eigenvalue weighted by Gasteiger charge is 2.34. The number of fused-ring (bicyclic) bond motifs is 2. The van der Waals surface area contributed by atoms with Crippen LogP contribution in [-0.4, -0.2) is 28.2 Å². The Morgan fingerprint density at radius 3 is 2.92 bits per heavy atom. The van der Waals surface area contributed by atoms with Crippen LogP contribution in [0.1, 0.15) is 25.7 Å². The average molecular weight is 167 g/mol. The second-order valence-electron chi connectivity index (χ2n) is 3.51. The van der Waals surface area contributed by atoms with Gasteiger partial charge in [-0.3, -0.25) is 4.90 Å². The van der Waals surface area contributed by atoms with E-state index in [1.54, 1.807) is 4.90 Å². The summed E-state index contributed by atoms with van der Waals surface area (Å²) in [4.78, 5) is 12.5. The zero-order valence-corrected chi connectivity index (χ0v) is 6.94. The molecule has 2 aliphatic heterocycles. The number of hydrogen-bond donors (Lipinski definition) is 1. The molecule has 0 saturated carbocycles. The van der Waals surface area contributed by atoms with Crippen LogP contribution in [-0.2, 0) is 0 Å². The number of carbonyl (C=O) groups is 1. The summed E-state index contributed by atoms with van der Waals surface area (Å²) < 4.78 is 0. The molecule has 3 nitrogen and oxygen atoms in total. The predicted octanol–water partition coefficient (Wildman–Crippen LogP) is 1.85. The summed E-state index contributed by atoms with van der Waals surface area (Å²) in [5.74, 6) is 0. The fourth-order valence-corrected chi connectivity index (χ4v) is 2.22. The van der Waals surface area contributed by atoms with Gasteiger partial charge in [-0.05, 0) is 25.7 Å². The predicted molar refractivity (Wildman–Crippen MR) is 45.0 cm³/mol. The zero-order chi connectivity index (χ0) is 8.55. The molecule has 2 heterocycles. The summed E-state index contributed by atoms with van der Waals surface area (Å²) in [5.41, 5.74) is 0. The molecule has 1 N–H and O–H groups in total. The minimum atomic E-state index is -0.756. The van der Waals surface area contributed by atoms with Gasteiger partial charge in [0.15, 0.2) is 0 Å². The lowest BCUT2D eigenvalue weighted by Gasteiger charge is -2.41. The second-order valence-corrected chi connectivity index (χ2v) is 3.51. The van der Waals surface area contributed by atoms with E-state index in [-0.39, 0.29) is 12.1 Å². The third-order valence-electron chi connectivity index (χ3n) is 2.78. The Balaban J connectivity index is 2.22. The van der Waals surface area contributed by atoms with Crippen molar-refractivity contribution < 1.29 is 9.90 Å². The van der Waals surface area contributed by atoms with Gasteiger partial charge in [-0.2, -0.15) is 0 Å². The Bertz CT molecular complexity index is 225. The van der Waals surface area contributed by atoms with Crippen molar-refractivity contribution in [3.63, 3.8) is 0 Å². The van der Waals surface area contributed by atoms with Crippen molar-refractivity contribution in [2.75, 3.05) is 0 Å². The minimum Gasteiger partial charge on any atom is -0.465 e. The van der Waals surface area contributed by atoms with Crippen LogP contribution in [0.4, 0.5) is 4.79 Å². The van der Waals surface area contributed by atoms with Crippen molar-refractivity contribution in [2.24, 2.45) is 0 Å². The summed E-state index contributed by atoms with van der Waals surface area (Å²) in [6, 6.07) is 0.418. The van der Waals surface area contributed by atoms with Gasteiger partial charge in [0.05, 0.1) is 6.04 Å². The number of nitrogens with zero attached hydrogens (tertiary/aromatic N) is 1. The molecule has 12 heavy (non-hydrogen) atoms. The number of rotatable bonds is 0. The van der Waals surface area contributed by atoms with Crippen LogP contribution < -0.4 is 0 Å². The van der Waals surface area contributed by atoms with E-state index in [2.05, 4.69) is 6.08 Å². The van der Waals surface area contributed by atoms with E-state index in [1.807, 2.05) is 6.08 Å². The van der Waals surface area contributed by atoms with E-state index >= 15 is 0 Å². The van der Waals surface area contributed by atoms with Gasteiger partial charge in [0.1, 0.15) is 0 Å². The third kappa shape index (κ3) is 1.09. The molecule has 2 rings (SSSR count). The molecule has 2 aliphatic rings. The Labute approximate surface area is 71.7 Å². The van der Waals surface area contributed by atoms with Crippen LogP contribution in [0.25, 0.3) is 0 Å². The monoisotopic (exact) mass is 167 g/mol. The lowest BCUT2D eigenvalue weighted by Crippen LogP contribution is -2.50. The molecule has 0 aromatic rings. The van der Waals surface area contributed by atoms with Crippen molar-refractivity contribution in [3.8, 4) is 0 Å². The first-order chi connectivity index (χ1) is 5.79. The zero-order valence-electron chi connectivity index (χ0n) is 6.94. The normalized spacial score (nSPS) is 33.5. The summed E-state index contributed by atoms with van der Waals surface area (Å²) in [6.07, 6.45) is 7.50. The highest BCUT2D eigenvalue weighted by molar-refractivity contribution is 5.66. The molecule has 0 spiro atoms. The Kier molecular flexibility index (Phi) is 1.79. The molecule has 3 heteroatoms. The highest BCUT2D eigenvalue weighted by atomic mass is 16.4. The molecular weight excluding hydrogens is 154 g/mol. The molecule has 1 fully saturated rings. The van der Waals surface area contributed by atoms with Gasteiger partial charge in [0, 0.05) is 6.04 Å². The molecule has 1 saturated heterocycles. The third-order valence-corrected chi connectivity index (χ3v) is 2.78. The van der Waals surface area contributed by atoms with Crippen LogP contribution in [0.2, 0.25) is 0 Å². The van der Waals surface area contributed by atoms with E-state index in [0.29, 0.717) is 0 Å². The largest absolute Gasteiger partial charge is 0.465 e. The summed E-state index contributed by atoms with van der Waals surface area (Å²) in [5, 5.41) is 8.94. The van der Waals surface area contributed by atoms with E-state index in [1.165, 1.54) is 6.42 Å². The molecule has 2 unspecified atom stereocenters. The van der Waals surface area contributed by atoms with E-state index < -0.39 is 6.09 Å². The smallest absolute Gasteiger partial charge is 0.408 e. The van der Waals surface area contributed by atoms with Crippen molar-refractivity contribution in [2.45, 2.75) is 37.8 Å². The van der Waals surface area contributed by atoms with Crippen LogP contribution in [0.15, 0.2) is 12.2 Å². The molecule has 2 bridgehead atoms. The van der Waals surface area contributed by atoms with Crippen molar-refractivity contribution in [3.05, 3.63) is 12.2 Å². The Morgan fingerprint density at radius 1 is 1.50 bits per heavy atom. The molecule has 66 valence electrons. The fraction of sp³-hybridized carbons (Fsp3) is 0.667. The van der Waals surface area contributed by atoms with Gasteiger partial charge in [-0.15, -0.1) is 0 Å². The Hall–Kier alpha value is -0.990. The average Bonchev–Trinajstić information content (AvgIpc) is 2.02. The maximum absolute atomic E-state index is 10.9. The maximum Gasteiger partial charge on any atom is 0.408 e.